The van der Waals surface area contributed by atoms with E-state index in [4.69, 9.17) is 27.9 Å². The van der Waals surface area contributed by atoms with Crippen LogP contribution in [-0.4, -0.2) is 49.0 Å². The Hall–Kier alpha value is -3.02. The minimum absolute atomic E-state index is 0.0112. The molecule has 1 aliphatic rings. The molecule has 0 radical (unpaired) electrons. The van der Waals surface area contributed by atoms with Crippen molar-refractivity contribution in [2.75, 3.05) is 6.54 Å². The summed E-state index contributed by atoms with van der Waals surface area (Å²) >= 11 is 12.4. The zero-order valence-corrected chi connectivity index (χ0v) is 24.4. The summed E-state index contributed by atoms with van der Waals surface area (Å²) in [5.74, 6) is -3.04. The highest BCUT2D eigenvalue weighted by atomic mass is 35.5. The fourth-order valence-corrected chi connectivity index (χ4v) is 6.45. The van der Waals surface area contributed by atoms with Gasteiger partial charge in [0.25, 0.3) is 5.91 Å². The summed E-state index contributed by atoms with van der Waals surface area (Å²) in [6, 6.07) is 17.8. The highest BCUT2D eigenvalue weighted by Crippen LogP contribution is 2.44. The fourth-order valence-electron chi connectivity index (χ4n) is 4.93. The van der Waals surface area contributed by atoms with E-state index >= 15 is 0 Å². The predicted molar refractivity (Wildman–Crippen MR) is 153 cm³/mol. The van der Waals surface area contributed by atoms with Crippen molar-refractivity contribution >= 4 is 45.1 Å². The summed E-state index contributed by atoms with van der Waals surface area (Å²) in [5.41, 5.74) is 1.27. The van der Waals surface area contributed by atoms with Gasteiger partial charge in [0.15, 0.2) is 0 Å². The number of nitrogens with zero attached hydrogens (tertiary/aromatic N) is 1. The third-order valence-electron chi connectivity index (χ3n) is 6.88. The number of sulfonamides is 1. The molecule has 0 bridgehead atoms. The molecule has 0 spiro atoms. The molecule has 4 atom stereocenters. The van der Waals surface area contributed by atoms with Crippen LogP contribution in [0.1, 0.15) is 48.6 Å². The van der Waals surface area contributed by atoms with E-state index in [0.29, 0.717) is 27.6 Å². The van der Waals surface area contributed by atoms with Crippen molar-refractivity contribution in [3.63, 3.8) is 0 Å². The number of aliphatic carboxylic acids is 1. The van der Waals surface area contributed by atoms with Crippen molar-refractivity contribution < 1.29 is 32.2 Å². The Kier molecular flexibility index (Phi) is 10.0. The van der Waals surface area contributed by atoms with Crippen LogP contribution in [0.4, 0.5) is 4.39 Å². The van der Waals surface area contributed by atoms with Crippen molar-refractivity contribution in [3.8, 4) is 0 Å². The summed E-state index contributed by atoms with van der Waals surface area (Å²) < 4.78 is 48.7. The van der Waals surface area contributed by atoms with Gasteiger partial charge in [0, 0.05) is 28.2 Å². The second-order valence-electron chi connectivity index (χ2n) is 9.70. The Bertz CT molecular complexity index is 1510. The first kappa shape index (κ1) is 30.9. The van der Waals surface area contributed by atoms with E-state index in [1.165, 1.54) is 23.1 Å². The molecule has 8 nitrogen and oxygen atoms in total. The molecule has 2 N–H and O–H groups in total. The van der Waals surface area contributed by atoms with E-state index in [9.17, 15) is 27.5 Å². The smallest absolute Gasteiger partial charge is 0.306 e. The molecule has 0 unspecified atom stereocenters. The number of rotatable bonds is 11. The van der Waals surface area contributed by atoms with Gasteiger partial charge in [-0.1, -0.05) is 72.6 Å². The molecule has 0 saturated carbocycles. The Morgan fingerprint density at radius 2 is 1.76 bits per heavy atom. The molecule has 4 rings (SSSR count). The number of hydrogen-bond donors (Lipinski definition) is 2. The second-order valence-corrected chi connectivity index (χ2v) is 12.4. The highest BCUT2D eigenvalue weighted by molar-refractivity contribution is 7.88. The summed E-state index contributed by atoms with van der Waals surface area (Å²) in [6.45, 7) is 1.60. The van der Waals surface area contributed by atoms with E-state index in [-0.39, 0.29) is 12.1 Å². The van der Waals surface area contributed by atoms with Gasteiger partial charge in [-0.15, -0.1) is 0 Å². The summed E-state index contributed by atoms with van der Waals surface area (Å²) in [6.07, 6.45) is -2.43. The van der Waals surface area contributed by atoms with Gasteiger partial charge in [0.05, 0.1) is 18.2 Å². The van der Waals surface area contributed by atoms with E-state index in [1.807, 2.05) is 0 Å². The van der Waals surface area contributed by atoms with Crippen molar-refractivity contribution in [2.24, 2.45) is 0 Å². The normalized spacial score (nSPS) is 20.1. The molecular weight excluding hydrogens is 594 g/mol. The Labute approximate surface area is 248 Å². The van der Waals surface area contributed by atoms with Crippen LogP contribution in [-0.2, 0) is 30.1 Å². The number of hydrogen-bond acceptors (Lipinski definition) is 5. The zero-order valence-electron chi connectivity index (χ0n) is 22.0. The maximum absolute atomic E-state index is 14.1. The van der Waals surface area contributed by atoms with Crippen molar-refractivity contribution in [1.82, 2.24) is 9.62 Å². The Balaban J connectivity index is 1.73. The SMILES string of the molecule is CC[C@@H](CNS(=O)(=O)Cc1ccccc1F)N1C(=O)[C@H](CC(=O)O)O[C@H](c2cccc(Cl)c2)[C@H]1c1ccc(Cl)cc1. The Morgan fingerprint density at radius 3 is 2.39 bits per heavy atom. The van der Waals surface area contributed by atoms with Crippen LogP contribution in [0.15, 0.2) is 72.8 Å². The van der Waals surface area contributed by atoms with Crippen LogP contribution >= 0.6 is 23.2 Å². The van der Waals surface area contributed by atoms with Crippen LogP contribution in [0, 0.1) is 5.82 Å². The van der Waals surface area contributed by atoms with Crippen molar-refractivity contribution in [1.29, 1.82) is 0 Å². The fraction of sp³-hybridized carbons (Fsp3) is 0.310. The largest absolute Gasteiger partial charge is 0.481 e. The lowest BCUT2D eigenvalue weighted by atomic mass is 9.89. The first-order valence-corrected chi connectivity index (χ1v) is 15.3. The van der Waals surface area contributed by atoms with Crippen LogP contribution in [0.3, 0.4) is 0 Å². The van der Waals surface area contributed by atoms with E-state index in [0.717, 1.165) is 0 Å². The lowest BCUT2D eigenvalue weighted by Gasteiger charge is -2.48. The van der Waals surface area contributed by atoms with Gasteiger partial charge in [-0.3, -0.25) is 9.59 Å². The molecule has 1 amide bonds. The molecule has 12 heteroatoms. The van der Waals surface area contributed by atoms with Crippen LogP contribution in [0.2, 0.25) is 10.0 Å². The molecule has 1 heterocycles. The van der Waals surface area contributed by atoms with Crippen LogP contribution in [0.5, 0.6) is 0 Å². The molecule has 3 aromatic carbocycles. The van der Waals surface area contributed by atoms with Gasteiger partial charge in [0.2, 0.25) is 10.0 Å². The predicted octanol–water partition coefficient (Wildman–Crippen LogP) is 5.52. The number of carbonyl (C=O) groups excluding carboxylic acids is 1. The van der Waals surface area contributed by atoms with Gasteiger partial charge in [0.1, 0.15) is 18.0 Å². The number of nitrogens with one attached hydrogen (secondary N) is 1. The molecule has 218 valence electrons. The standard InChI is InChI=1S/C29H29Cl2FN2O6S/c1-2-23(16-33-41(38,39)17-20-6-3-4-9-24(20)32)34-27(18-10-12-21(30)13-11-18)28(19-7-5-8-22(31)14-19)40-25(29(34)37)15-26(35)36/h3-14,23,25,27-28,33H,2,15-17H2,1H3,(H,35,36)/t23-,25-,27+,28+/m0/s1. The molecule has 1 fully saturated rings. The average molecular weight is 624 g/mol. The summed E-state index contributed by atoms with van der Waals surface area (Å²) in [5, 5.41) is 10.4. The number of ether oxygens (including phenoxy) is 1. The number of carboxylic acids is 1. The Morgan fingerprint density at radius 1 is 1.05 bits per heavy atom. The number of carboxylic acid groups (broad SMARTS) is 1. The molecule has 1 saturated heterocycles. The van der Waals surface area contributed by atoms with E-state index in [2.05, 4.69) is 4.72 Å². The number of morpholine rings is 1. The molecule has 41 heavy (non-hydrogen) atoms. The number of halogens is 3. The van der Waals surface area contributed by atoms with Gasteiger partial charge < -0.3 is 14.7 Å². The minimum Gasteiger partial charge on any atom is -0.481 e. The average Bonchev–Trinajstić information content (AvgIpc) is 2.92. The lowest BCUT2D eigenvalue weighted by molar-refractivity contribution is -0.183. The topological polar surface area (TPSA) is 113 Å². The first-order chi connectivity index (χ1) is 19.5. The zero-order chi connectivity index (χ0) is 29.7. The quantitative estimate of drug-likeness (QED) is 0.291. The number of amides is 1. The maximum atomic E-state index is 14.1. The molecular formula is C29H29Cl2FN2O6S. The van der Waals surface area contributed by atoms with Crippen molar-refractivity contribution in [2.45, 2.75) is 49.8 Å². The van der Waals surface area contributed by atoms with Gasteiger partial charge in [-0.2, -0.15) is 0 Å². The monoisotopic (exact) mass is 622 g/mol. The summed E-state index contributed by atoms with van der Waals surface area (Å²) in [7, 11) is -4.00. The lowest BCUT2D eigenvalue weighted by Crippen LogP contribution is -2.57. The van der Waals surface area contributed by atoms with E-state index < -0.39 is 64.2 Å². The third kappa shape index (κ3) is 7.64. The molecule has 0 aliphatic carbocycles. The minimum atomic E-state index is -4.00. The molecule has 3 aromatic rings. The highest BCUT2D eigenvalue weighted by Gasteiger charge is 2.47. The first-order valence-electron chi connectivity index (χ1n) is 12.9. The summed E-state index contributed by atoms with van der Waals surface area (Å²) in [4.78, 5) is 27.1. The van der Waals surface area contributed by atoms with Crippen LogP contribution in [0.25, 0.3) is 0 Å². The third-order valence-corrected chi connectivity index (χ3v) is 8.67. The number of benzene rings is 3. The van der Waals surface area contributed by atoms with E-state index in [1.54, 1.807) is 61.5 Å². The van der Waals surface area contributed by atoms with Gasteiger partial charge in [-0.25, -0.2) is 17.5 Å². The molecule has 1 aliphatic heterocycles. The van der Waals surface area contributed by atoms with Crippen LogP contribution < -0.4 is 4.72 Å². The molecule has 0 aromatic heterocycles. The maximum Gasteiger partial charge on any atom is 0.306 e. The van der Waals surface area contributed by atoms with Gasteiger partial charge in [-0.05, 0) is 47.9 Å². The van der Waals surface area contributed by atoms with Gasteiger partial charge >= 0.3 is 5.97 Å². The van der Waals surface area contributed by atoms with Crippen molar-refractivity contribution in [3.05, 3.63) is 105 Å². The number of carbonyl (C=O) groups is 2. The second kappa shape index (κ2) is 13.3.